The topological polar surface area (TPSA) is 18.5 Å². The lowest BCUT2D eigenvalue weighted by molar-refractivity contribution is -0.0329. The van der Waals surface area contributed by atoms with Gasteiger partial charge in [0.1, 0.15) is 6.61 Å². The Bertz CT molecular complexity index is 169. The Hall–Kier alpha value is -0.520. The van der Waals surface area contributed by atoms with Crippen LogP contribution in [-0.4, -0.2) is 25.4 Å². The first-order valence-corrected chi connectivity index (χ1v) is 5.03. The van der Waals surface area contributed by atoms with Gasteiger partial charge in [-0.15, -0.1) is 6.42 Å². The molecule has 0 amide bonds. The third-order valence-electron chi connectivity index (χ3n) is 2.38. The Morgan fingerprint density at radius 3 is 2.62 bits per heavy atom. The highest BCUT2D eigenvalue weighted by atomic mass is 16.5. The molecule has 2 atom stereocenters. The fourth-order valence-electron chi connectivity index (χ4n) is 1.81. The molecule has 2 heteroatoms. The van der Waals surface area contributed by atoms with Crippen LogP contribution in [0, 0.1) is 12.3 Å². The maximum absolute atomic E-state index is 5.56. The minimum atomic E-state index is 0.321. The van der Waals surface area contributed by atoms with Crippen molar-refractivity contribution >= 4 is 0 Å². The number of hydrogen-bond acceptors (Lipinski definition) is 2. The monoisotopic (exact) mass is 182 g/mol. The lowest BCUT2D eigenvalue weighted by Gasteiger charge is -2.28. The molecular formula is C11H18O2. The lowest BCUT2D eigenvalue weighted by Crippen LogP contribution is -2.28. The second-order valence-electron chi connectivity index (χ2n) is 3.38. The minimum absolute atomic E-state index is 0.321. The second-order valence-corrected chi connectivity index (χ2v) is 3.38. The average molecular weight is 182 g/mol. The van der Waals surface area contributed by atoms with E-state index < -0.39 is 0 Å². The normalized spacial score (nSPS) is 28.3. The molecule has 0 radical (unpaired) electrons. The minimum Gasteiger partial charge on any atom is -0.378 e. The fourth-order valence-corrected chi connectivity index (χ4v) is 1.81. The van der Waals surface area contributed by atoms with Gasteiger partial charge in [-0.3, -0.25) is 0 Å². The van der Waals surface area contributed by atoms with Gasteiger partial charge in [-0.25, -0.2) is 0 Å². The number of terminal acetylenes is 1. The molecule has 1 aliphatic carbocycles. The summed E-state index contributed by atoms with van der Waals surface area (Å²) in [5, 5.41) is 0. The van der Waals surface area contributed by atoms with E-state index >= 15 is 0 Å². The Kier molecular flexibility index (Phi) is 4.88. The molecule has 0 N–H and O–H groups in total. The first-order valence-electron chi connectivity index (χ1n) is 5.03. The van der Waals surface area contributed by atoms with Gasteiger partial charge in [0, 0.05) is 6.61 Å². The fraction of sp³-hybridized carbons (Fsp3) is 0.818. The van der Waals surface area contributed by atoms with Gasteiger partial charge < -0.3 is 9.47 Å². The van der Waals surface area contributed by atoms with Gasteiger partial charge >= 0.3 is 0 Å². The zero-order valence-corrected chi connectivity index (χ0v) is 8.29. The van der Waals surface area contributed by atoms with Crippen molar-refractivity contribution < 1.29 is 9.47 Å². The molecule has 0 heterocycles. The molecule has 0 aromatic heterocycles. The average Bonchev–Trinajstić information content (AvgIpc) is 2.16. The summed E-state index contributed by atoms with van der Waals surface area (Å²) in [5.41, 5.74) is 0. The number of ether oxygens (including phenoxy) is 2. The summed E-state index contributed by atoms with van der Waals surface area (Å²) in [6.07, 6.45) is 10.3. The van der Waals surface area contributed by atoms with Crippen molar-refractivity contribution in [2.75, 3.05) is 13.2 Å². The maximum atomic E-state index is 5.56. The van der Waals surface area contributed by atoms with Crippen LogP contribution < -0.4 is 0 Å². The molecule has 0 bridgehead atoms. The summed E-state index contributed by atoms with van der Waals surface area (Å²) in [5.74, 6) is 2.50. The molecule has 0 aromatic carbocycles. The van der Waals surface area contributed by atoms with Crippen LogP contribution in [0.3, 0.4) is 0 Å². The first kappa shape index (κ1) is 10.6. The number of hydrogen-bond donors (Lipinski definition) is 0. The first-order chi connectivity index (χ1) is 6.36. The molecule has 2 unspecified atom stereocenters. The van der Waals surface area contributed by atoms with Gasteiger partial charge in [-0.05, 0) is 32.6 Å². The van der Waals surface area contributed by atoms with Crippen LogP contribution in [0.25, 0.3) is 0 Å². The molecule has 0 spiro atoms. The molecule has 1 aliphatic rings. The highest BCUT2D eigenvalue weighted by Gasteiger charge is 2.22. The third kappa shape index (κ3) is 3.80. The zero-order chi connectivity index (χ0) is 9.52. The van der Waals surface area contributed by atoms with Crippen molar-refractivity contribution in [2.45, 2.75) is 44.8 Å². The summed E-state index contributed by atoms with van der Waals surface area (Å²) >= 11 is 0. The molecule has 1 saturated carbocycles. The zero-order valence-electron chi connectivity index (χ0n) is 8.29. The van der Waals surface area contributed by atoms with Gasteiger partial charge in [0.2, 0.25) is 0 Å². The van der Waals surface area contributed by atoms with Crippen LogP contribution in [-0.2, 0) is 9.47 Å². The van der Waals surface area contributed by atoms with Crippen LogP contribution in [0.2, 0.25) is 0 Å². The standard InChI is InChI=1S/C11H18O2/c1-3-8-13-11-7-5-6-10(9-11)12-4-2/h1,10-11H,4-9H2,2H3. The Labute approximate surface area is 80.6 Å². The van der Waals surface area contributed by atoms with Crippen LogP contribution in [0.1, 0.15) is 32.6 Å². The molecule has 2 nitrogen and oxygen atoms in total. The van der Waals surface area contributed by atoms with Crippen molar-refractivity contribution in [2.24, 2.45) is 0 Å². The van der Waals surface area contributed by atoms with E-state index in [1.807, 2.05) is 6.92 Å². The third-order valence-corrected chi connectivity index (χ3v) is 2.38. The molecule has 0 aliphatic heterocycles. The van der Waals surface area contributed by atoms with E-state index in [2.05, 4.69) is 5.92 Å². The quantitative estimate of drug-likeness (QED) is 0.619. The smallest absolute Gasteiger partial charge is 0.107 e. The van der Waals surface area contributed by atoms with E-state index in [-0.39, 0.29) is 0 Å². The van der Waals surface area contributed by atoms with Gasteiger partial charge in [-0.2, -0.15) is 0 Å². The summed E-state index contributed by atoms with van der Waals surface area (Å²) in [6.45, 7) is 3.27. The van der Waals surface area contributed by atoms with Crippen molar-refractivity contribution in [3.63, 3.8) is 0 Å². The largest absolute Gasteiger partial charge is 0.378 e. The van der Waals surface area contributed by atoms with E-state index in [9.17, 15) is 0 Å². The molecule has 1 rings (SSSR count). The molecule has 1 fully saturated rings. The predicted molar refractivity (Wildman–Crippen MR) is 52.5 cm³/mol. The SMILES string of the molecule is C#CCOC1CCCC(OCC)C1. The summed E-state index contributed by atoms with van der Waals surface area (Å²) in [6, 6.07) is 0. The Morgan fingerprint density at radius 1 is 1.31 bits per heavy atom. The van der Waals surface area contributed by atoms with E-state index in [1.165, 1.54) is 12.8 Å². The number of rotatable bonds is 4. The highest BCUT2D eigenvalue weighted by Crippen LogP contribution is 2.23. The second kappa shape index (κ2) is 6.01. The van der Waals surface area contributed by atoms with Crippen LogP contribution in [0.4, 0.5) is 0 Å². The van der Waals surface area contributed by atoms with E-state index in [1.54, 1.807) is 0 Å². The van der Waals surface area contributed by atoms with Crippen molar-refractivity contribution in [3.05, 3.63) is 0 Å². The van der Waals surface area contributed by atoms with Gasteiger partial charge in [0.05, 0.1) is 12.2 Å². The predicted octanol–water partition coefficient (Wildman–Crippen LogP) is 1.98. The Balaban J connectivity index is 2.21. The van der Waals surface area contributed by atoms with Crippen molar-refractivity contribution in [3.8, 4) is 12.3 Å². The van der Waals surface area contributed by atoms with Crippen LogP contribution >= 0.6 is 0 Å². The van der Waals surface area contributed by atoms with Crippen LogP contribution in [0.15, 0.2) is 0 Å². The lowest BCUT2D eigenvalue weighted by atomic mass is 9.95. The van der Waals surface area contributed by atoms with Crippen molar-refractivity contribution in [1.82, 2.24) is 0 Å². The maximum Gasteiger partial charge on any atom is 0.107 e. The summed E-state index contributed by atoms with van der Waals surface area (Å²) in [7, 11) is 0. The molecule has 13 heavy (non-hydrogen) atoms. The van der Waals surface area contributed by atoms with E-state index in [0.29, 0.717) is 18.8 Å². The van der Waals surface area contributed by atoms with Crippen molar-refractivity contribution in [1.29, 1.82) is 0 Å². The van der Waals surface area contributed by atoms with Gasteiger partial charge in [0.25, 0.3) is 0 Å². The molecular weight excluding hydrogens is 164 g/mol. The molecule has 74 valence electrons. The summed E-state index contributed by atoms with van der Waals surface area (Å²) < 4.78 is 11.1. The van der Waals surface area contributed by atoms with E-state index in [0.717, 1.165) is 19.4 Å². The Morgan fingerprint density at radius 2 is 2.00 bits per heavy atom. The van der Waals surface area contributed by atoms with E-state index in [4.69, 9.17) is 15.9 Å². The molecule has 0 aromatic rings. The van der Waals surface area contributed by atoms with Gasteiger partial charge in [-0.1, -0.05) is 5.92 Å². The molecule has 0 saturated heterocycles. The van der Waals surface area contributed by atoms with Gasteiger partial charge in [0.15, 0.2) is 0 Å². The highest BCUT2D eigenvalue weighted by molar-refractivity contribution is 4.84. The van der Waals surface area contributed by atoms with Crippen LogP contribution in [0.5, 0.6) is 0 Å². The summed E-state index contributed by atoms with van der Waals surface area (Å²) in [4.78, 5) is 0.